The number of ether oxygens (including phenoxy) is 2. The highest BCUT2D eigenvalue weighted by Crippen LogP contribution is 2.38. The number of esters is 1. The number of methoxy groups -OCH3 is 1. The van der Waals surface area contributed by atoms with Gasteiger partial charge in [0.1, 0.15) is 5.75 Å². The van der Waals surface area contributed by atoms with E-state index in [1.54, 1.807) is 61.7 Å². The Morgan fingerprint density at radius 2 is 1.72 bits per heavy atom. The minimum absolute atomic E-state index is 0.00566. The van der Waals surface area contributed by atoms with Crippen molar-refractivity contribution in [3.63, 3.8) is 0 Å². The Morgan fingerprint density at radius 1 is 1.07 bits per heavy atom. The number of carbonyl (C=O) groups is 2. The summed E-state index contributed by atoms with van der Waals surface area (Å²) in [5.74, 6) is -0.164. The minimum atomic E-state index is -0.389. The first-order valence-electron chi connectivity index (χ1n) is 9.10. The molecule has 0 saturated carbocycles. The van der Waals surface area contributed by atoms with Crippen LogP contribution in [0.15, 0.2) is 36.4 Å². The molecule has 0 amide bonds. The van der Waals surface area contributed by atoms with Crippen LogP contribution in [0.4, 0.5) is 0 Å². The van der Waals surface area contributed by atoms with E-state index < -0.39 is 0 Å². The van der Waals surface area contributed by atoms with Gasteiger partial charge in [-0.25, -0.2) is 0 Å². The second-order valence-electron chi connectivity index (χ2n) is 6.90. The second-order valence-corrected chi connectivity index (χ2v) is 7.72. The van der Waals surface area contributed by atoms with Crippen LogP contribution in [-0.4, -0.2) is 29.7 Å². The lowest BCUT2D eigenvalue weighted by Gasteiger charge is -2.09. The zero-order valence-corrected chi connectivity index (χ0v) is 18.1. The summed E-state index contributed by atoms with van der Waals surface area (Å²) in [6, 6.07) is 10.1. The van der Waals surface area contributed by atoms with Gasteiger partial charge in [-0.2, -0.15) is 0 Å². The fourth-order valence-electron chi connectivity index (χ4n) is 3.32. The van der Waals surface area contributed by atoms with Crippen molar-refractivity contribution in [1.29, 1.82) is 0 Å². The molecule has 0 spiro atoms. The maximum absolute atomic E-state index is 13.3. The van der Waals surface area contributed by atoms with Gasteiger partial charge in [-0.3, -0.25) is 14.2 Å². The maximum atomic E-state index is 13.3. The van der Waals surface area contributed by atoms with Crippen LogP contribution in [0.25, 0.3) is 10.9 Å². The average molecular weight is 434 g/mol. The Labute approximate surface area is 179 Å². The number of hydrogen-bond donors (Lipinski definition) is 0. The van der Waals surface area contributed by atoms with E-state index >= 15 is 0 Å². The molecule has 5 nitrogen and oxygen atoms in total. The zero-order valence-electron chi connectivity index (χ0n) is 16.6. The fraction of sp³-hybridized carbons (Fsp3) is 0.273. The summed E-state index contributed by atoms with van der Waals surface area (Å²) in [6.07, 6.45) is -0.245. The van der Waals surface area contributed by atoms with Gasteiger partial charge in [-0.05, 0) is 62.7 Å². The first-order chi connectivity index (χ1) is 13.7. The lowest BCUT2D eigenvalue weighted by Crippen LogP contribution is -2.16. The van der Waals surface area contributed by atoms with E-state index in [4.69, 9.17) is 32.7 Å². The van der Waals surface area contributed by atoms with E-state index in [-0.39, 0.29) is 24.4 Å². The topological polar surface area (TPSA) is 57.5 Å². The summed E-state index contributed by atoms with van der Waals surface area (Å²) < 4.78 is 12.2. The van der Waals surface area contributed by atoms with Crippen molar-refractivity contribution in [3.8, 4) is 5.75 Å². The van der Waals surface area contributed by atoms with Gasteiger partial charge in [0, 0.05) is 21.7 Å². The lowest BCUT2D eigenvalue weighted by molar-refractivity contribution is -0.146. The predicted octanol–water partition coefficient (Wildman–Crippen LogP) is 5.45. The van der Waals surface area contributed by atoms with Crippen molar-refractivity contribution in [2.45, 2.75) is 33.3 Å². The van der Waals surface area contributed by atoms with Crippen LogP contribution in [0, 0.1) is 6.92 Å². The molecule has 0 aliphatic rings. The summed E-state index contributed by atoms with van der Waals surface area (Å²) in [5.41, 5.74) is 2.32. The highest BCUT2D eigenvalue weighted by Gasteiger charge is 2.25. The Bertz CT molecular complexity index is 1080. The van der Waals surface area contributed by atoms with E-state index in [0.29, 0.717) is 43.5 Å². The third-order valence-corrected chi connectivity index (χ3v) is 5.23. The van der Waals surface area contributed by atoms with Crippen molar-refractivity contribution >= 4 is 46.0 Å². The SMILES string of the molecule is COc1ccc2c(c1Cl)c(CC(=O)OC(C)C)c(C)n2C(=O)c1ccc(Cl)cc1. The quantitative estimate of drug-likeness (QED) is 0.502. The van der Waals surface area contributed by atoms with Gasteiger partial charge in [-0.15, -0.1) is 0 Å². The van der Waals surface area contributed by atoms with Crippen LogP contribution < -0.4 is 4.74 Å². The molecule has 0 bridgehead atoms. The van der Waals surface area contributed by atoms with Crippen molar-refractivity contribution in [2.75, 3.05) is 7.11 Å². The molecule has 0 atom stereocenters. The first kappa shape index (κ1) is 21.2. The Hall–Kier alpha value is -2.50. The van der Waals surface area contributed by atoms with Gasteiger partial charge in [-0.1, -0.05) is 23.2 Å². The van der Waals surface area contributed by atoms with Crippen molar-refractivity contribution in [3.05, 3.63) is 63.3 Å². The molecular weight excluding hydrogens is 413 g/mol. The number of fused-ring (bicyclic) bond motifs is 1. The molecule has 1 heterocycles. The molecule has 152 valence electrons. The normalized spacial score (nSPS) is 11.1. The number of carbonyl (C=O) groups excluding carboxylic acids is 2. The van der Waals surface area contributed by atoms with Crippen LogP contribution in [0.1, 0.15) is 35.5 Å². The van der Waals surface area contributed by atoms with Crippen LogP contribution in [0.3, 0.4) is 0 Å². The van der Waals surface area contributed by atoms with Gasteiger partial charge in [0.05, 0.1) is 30.2 Å². The molecule has 7 heteroatoms. The standard InChI is InChI=1S/C22H21Cl2NO4/c1-12(2)29-19(26)11-16-13(3)25(22(27)14-5-7-15(23)8-6-14)17-9-10-18(28-4)21(24)20(16)17/h5-10,12H,11H2,1-4H3. The van der Waals surface area contributed by atoms with E-state index in [1.165, 1.54) is 7.11 Å². The molecule has 0 saturated heterocycles. The number of benzene rings is 2. The summed E-state index contributed by atoms with van der Waals surface area (Å²) >= 11 is 12.5. The molecule has 0 fully saturated rings. The lowest BCUT2D eigenvalue weighted by atomic mass is 10.1. The first-order valence-corrected chi connectivity index (χ1v) is 9.86. The van der Waals surface area contributed by atoms with E-state index in [9.17, 15) is 9.59 Å². The van der Waals surface area contributed by atoms with Crippen molar-refractivity contribution in [1.82, 2.24) is 4.57 Å². The van der Waals surface area contributed by atoms with Crippen molar-refractivity contribution < 1.29 is 19.1 Å². The molecule has 0 aliphatic heterocycles. The smallest absolute Gasteiger partial charge is 0.310 e. The number of nitrogens with zero attached hydrogens (tertiary/aromatic N) is 1. The zero-order chi connectivity index (χ0) is 21.3. The number of hydrogen-bond acceptors (Lipinski definition) is 4. The summed E-state index contributed by atoms with van der Waals surface area (Å²) in [4.78, 5) is 25.6. The van der Waals surface area contributed by atoms with Crippen molar-refractivity contribution in [2.24, 2.45) is 0 Å². The third-order valence-electron chi connectivity index (χ3n) is 4.60. The highest BCUT2D eigenvalue weighted by molar-refractivity contribution is 6.37. The van der Waals surface area contributed by atoms with Crippen LogP contribution in [0.2, 0.25) is 10.0 Å². The maximum Gasteiger partial charge on any atom is 0.310 e. The Morgan fingerprint density at radius 3 is 2.31 bits per heavy atom. The van der Waals surface area contributed by atoms with Crippen LogP contribution in [0.5, 0.6) is 5.75 Å². The number of aromatic nitrogens is 1. The summed E-state index contributed by atoms with van der Waals surface area (Å²) in [5, 5.41) is 1.50. The molecule has 1 aromatic heterocycles. The van der Waals surface area contributed by atoms with Gasteiger partial charge >= 0.3 is 5.97 Å². The largest absolute Gasteiger partial charge is 0.495 e. The minimum Gasteiger partial charge on any atom is -0.495 e. The van der Waals surface area contributed by atoms with E-state index in [0.717, 1.165) is 0 Å². The molecular formula is C22H21Cl2NO4. The van der Waals surface area contributed by atoms with Gasteiger partial charge in [0.2, 0.25) is 0 Å². The van der Waals surface area contributed by atoms with Gasteiger partial charge in [0.25, 0.3) is 5.91 Å². The molecule has 0 unspecified atom stereocenters. The number of rotatable bonds is 5. The van der Waals surface area contributed by atoms with Gasteiger partial charge < -0.3 is 9.47 Å². The summed E-state index contributed by atoms with van der Waals surface area (Å²) in [6.45, 7) is 5.36. The highest BCUT2D eigenvalue weighted by atomic mass is 35.5. The molecule has 3 aromatic rings. The molecule has 29 heavy (non-hydrogen) atoms. The van der Waals surface area contributed by atoms with Crippen LogP contribution in [-0.2, 0) is 16.0 Å². The fourth-order valence-corrected chi connectivity index (χ4v) is 3.80. The van der Waals surface area contributed by atoms with Crippen LogP contribution >= 0.6 is 23.2 Å². The summed E-state index contributed by atoms with van der Waals surface area (Å²) in [7, 11) is 1.52. The third kappa shape index (κ3) is 4.11. The van der Waals surface area contributed by atoms with Gasteiger partial charge in [0.15, 0.2) is 0 Å². The average Bonchev–Trinajstić information content (AvgIpc) is 2.94. The Balaban J connectivity index is 2.21. The molecule has 0 aliphatic carbocycles. The Kier molecular flexibility index (Phi) is 6.20. The van der Waals surface area contributed by atoms with E-state index in [2.05, 4.69) is 0 Å². The predicted molar refractivity (Wildman–Crippen MR) is 114 cm³/mol. The number of halogens is 2. The molecule has 2 aromatic carbocycles. The molecule has 3 rings (SSSR count). The monoisotopic (exact) mass is 433 g/mol. The second kappa shape index (κ2) is 8.47. The molecule has 0 N–H and O–H groups in total. The van der Waals surface area contributed by atoms with E-state index in [1.807, 2.05) is 0 Å². The molecule has 0 radical (unpaired) electrons.